The molecule has 0 radical (unpaired) electrons. The number of rotatable bonds is 8. The Morgan fingerprint density at radius 3 is 2.65 bits per heavy atom. The third-order valence-electron chi connectivity index (χ3n) is 2.70. The van der Waals surface area contributed by atoms with Gasteiger partial charge in [0.2, 0.25) is 0 Å². The second kappa shape index (κ2) is 6.32. The van der Waals surface area contributed by atoms with Crippen LogP contribution in [0.1, 0.15) is 39.8 Å². The fraction of sp³-hybridized carbons (Fsp3) is 0.769. The Balaban J connectivity index is 2.45. The van der Waals surface area contributed by atoms with Crippen LogP contribution in [0.25, 0.3) is 0 Å². The summed E-state index contributed by atoms with van der Waals surface area (Å²) in [6, 6.07) is 0. The Morgan fingerprint density at radius 2 is 2.10 bits per heavy atom. The molecule has 3 N–H and O–H groups in total. The Hall–Kier alpha value is -1.47. The first-order chi connectivity index (χ1) is 9.07. The van der Waals surface area contributed by atoms with Crippen LogP contribution in [0.3, 0.4) is 0 Å². The number of ether oxygens (including phenoxy) is 1. The lowest BCUT2D eigenvalue weighted by Gasteiger charge is -2.29. The molecule has 0 atom stereocenters. The van der Waals surface area contributed by atoms with E-state index in [9.17, 15) is 4.79 Å². The normalized spacial score (nSPS) is 12.7. The number of aliphatic carboxylic acids is 1. The largest absolute Gasteiger partial charge is 0.481 e. The molecule has 1 aromatic rings. The van der Waals surface area contributed by atoms with Crippen molar-refractivity contribution in [1.82, 2.24) is 15.0 Å². The van der Waals surface area contributed by atoms with Gasteiger partial charge in [0, 0.05) is 18.3 Å². The van der Waals surface area contributed by atoms with E-state index in [1.54, 1.807) is 10.9 Å². The number of aromatic nitrogens is 3. The molecule has 7 nitrogen and oxygen atoms in total. The standard InChI is InChI=1S/C13H24N4O3/c1-12(2,14)9-20-13(3,4)5-6-17-8-10(15-16-17)7-11(18)19/h8H,5-7,9,14H2,1-4H3,(H,18,19). The van der Waals surface area contributed by atoms with Gasteiger partial charge < -0.3 is 15.6 Å². The van der Waals surface area contributed by atoms with Crippen molar-refractivity contribution in [2.75, 3.05) is 6.61 Å². The molecule has 0 unspecified atom stereocenters. The van der Waals surface area contributed by atoms with E-state index in [1.165, 1.54) is 0 Å². The Kier molecular flexibility index (Phi) is 5.24. The summed E-state index contributed by atoms with van der Waals surface area (Å²) in [5.74, 6) is -0.911. The van der Waals surface area contributed by atoms with Gasteiger partial charge in [-0.3, -0.25) is 9.48 Å². The maximum absolute atomic E-state index is 10.6. The first-order valence-corrected chi connectivity index (χ1v) is 6.61. The molecule has 0 aliphatic carbocycles. The van der Waals surface area contributed by atoms with Crippen LogP contribution >= 0.6 is 0 Å². The molecule has 0 aromatic carbocycles. The molecular formula is C13H24N4O3. The topological polar surface area (TPSA) is 103 Å². The second-order valence-electron chi connectivity index (χ2n) is 6.33. The van der Waals surface area contributed by atoms with Gasteiger partial charge in [-0.1, -0.05) is 5.21 Å². The van der Waals surface area contributed by atoms with Crippen LogP contribution in [-0.4, -0.2) is 43.8 Å². The third kappa shape index (κ3) is 6.63. The highest BCUT2D eigenvalue weighted by molar-refractivity contribution is 5.69. The molecular weight excluding hydrogens is 260 g/mol. The molecule has 114 valence electrons. The molecule has 0 saturated carbocycles. The highest BCUT2D eigenvalue weighted by Gasteiger charge is 2.22. The molecule has 20 heavy (non-hydrogen) atoms. The van der Waals surface area contributed by atoms with Gasteiger partial charge in [0.25, 0.3) is 0 Å². The first-order valence-electron chi connectivity index (χ1n) is 6.61. The number of carboxylic acid groups (broad SMARTS) is 1. The van der Waals surface area contributed by atoms with Crippen LogP contribution in [0, 0.1) is 0 Å². The van der Waals surface area contributed by atoms with Gasteiger partial charge in [0.1, 0.15) is 0 Å². The van der Waals surface area contributed by atoms with Crippen molar-refractivity contribution in [3.8, 4) is 0 Å². The van der Waals surface area contributed by atoms with Crippen LogP contribution in [0.2, 0.25) is 0 Å². The van der Waals surface area contributed by atoms with E-state index in [2.05, 4.69) is 10.3 Å². The fourth-order valence-electron chi connectivity index (χ4n) is 1.52. The summed E-state index contributed by atoms with van der Waals surface area (Å²) in [5, 5.41) is 16.4. The van der Waals surface area contributed by atoms with E-state index in [-0.39, 0.29) is 17.6 Å². The molecule has 0 fully saturated rings. The Labute approximate surface area is 119 Å². The maximum Gasteiger partial charge on any atom is 0.309 e. The predicted octanol–water partition coefficient (Wildman–Crippen LogP) is 0.828. The van der Waals surface area contributed by atoms with Gasteiger partial charge in [-0.2, -0.15) is 0 Å². The zero-order valence-corrected chi connectivity index (χ0v) is 12.6. The molecule has 0 aliphatic heterocycles. The number of carbonyl (C=O) groups is 1. The smallest absolute Gasteiger partial charge is 0.309 e. The van der Waals surface area contributed by atoms with Crippen molar-refractivity contribution in [2.45, 2.75) is 58.2 Å². The van der Waals surface area contributed by atoms with E-state index in [0.717, 1.165) is 6.42 Å². The summed E-state index contributed by atoms with van der Waals surface area (Å²) in [6.45, 7) is 8.91. The van der Waals surface area contributed by atoms with Crippen molar-refractivity contribution in [1.29, 1.82) is 0 Å². The highest BCUT2D eigenvalue weighted by Crippen LogP contribution is 2.17. The van der Waals surface area contributed by atoms with Crippen molar-refractivity contribution < 1.29 is 14.6 Å². The van der Waals surface area contributed by atoms with Gasteiger partial charge in [0.05, 0.1) is 24.3 Å². The van der Waals surface area contributed by atoms with E-state index >= 15 is 0 Å². The first kappa shape index (κ1) is 16.6. The molecule has 0 saturated heterocycles. The molecule has 0 aliphatic rings. The summed E-state index contributed by atoms with van der Waals surface area (Å²) in [4.78, 5) is 10.6. The molecule has 7 heteroatoms. The molecule has 1 heterocycles. The summed E-state index contributed by atoms with van der Waals surface area (Å²) < 4.78 is 7.44. The van der Waals surface area contributed by atoms with E-state index in [0.29, 0.717) is 18.8 Å². The van der Waals surface area contributed by atoms with Crippen molar-refractivity contribution in [3.05, 3.63) is 11.9 Å². The number of nitrogens with two attached hydrogens (primary N) is 1. The number of hydrogen-bond acceptors (Lipinski definition) is 5. The zero-order chi connectivity index (χ0) is 15.4. The highest BCUT2D eigenvalue weighted by atomic mass is 16.5. The zero-order valence-electron chi connectivity index (χ0n) is 12.6. The number of aryl methyl sites for hydroxylation is 1. The average molecular weight is 284 g/mol. The third-order valence-corrected chi connectivity index (χ3v) is 2.70. The van der Waals surface area contributed by atoms with Gasteiger partial charge in [0.15, 0.2) is 0 Å². The Morgan fingerprint density at radius 1 is 1.45 bits per heavy atom. The fourth-order valence-corrected chi connectivity index (χ4v) is 1.52. The minimum absolute atomic E-state index is 0.110. The van der Waals surface area contributed by atoms with Gasteiger partial charge >= 0.3 is 5.97 Å². The van der Waals surface area contributed by atoms with Crippen LogP contribution in [0.4, 0.5) is 0 Å². The van der Waals surface area contributed by atoms with E-state index in [1.807, 2.05) is 27.7 Å². The van der Waals surface area contributed by atoms with E-state index in [4.69, 9.17) is 15.6 Å². The summed E-state index contributed by atoms with van der Waals surface area (Å²) in [7, 11) is 0. The maximum atomic E-state index is 10.6. The van der Waals surface area contributed by atoms with Gasteiger partial charge in [-0.05, 0) is 34.1 Å². The number of nitrogens with zero attached hydrogens (tertiary/aromatic N) is 3. The number of hydrogen-bond donors (Lipinski definition) is 2. The summed E-state index contributed by atoms with van der Waals surface area (Å²) in [5.41, 5.74) is 5.66. The minimum atomic E-state index is -0.911. The van der Waals surface area contributed by atoms with E-state index < -0.39 is 5.97 Å². The van der Waals surface area contributed by atoms with Crippen LogP contribution in [-0.2, 0) is 22.5 Å². The van der Waals surface area contributed by atoms with Crippen LogP contribution < -0.4 is 5.73 Å². The average Bonchev–Trinajstić information content (AvgIpc) is 2.70. The second-order valence-corrected chi connectivity index (χ2v) is 6.33. The minimum Gasteiger partial charge on any atom is -0.481 e. The lowest BCUT2D eigenvalue weighted by Crippen LogP contribution is -2.41. The lowest BCUT2D eigenvalue weighted by molar-refractivity contribution is -0.136. The van der Waals surface area contributed by atoms with Crippen molar-refractivity contribution in [2.24, 2.45) is 5.73 Å². The number of carboxylic acids is 1. The SMILES string of the molecule is CC(C)(N)COC(C)(C)CCn1cc(CC(=O)O)nn1. The lowest BCUT2D eigenvalue weighted by atomic mass is 10.0. The van der Waals surface area contributed by atoms with Crippen molar-refractivity contribution >= 4 is 5.97 Å². The predicted molar refractivity (Wildman–Crippen MR) is 74.3 cm³/mol. The van der Waals surface area contributed by atoms with Crippen molar-refractivity contribution in [3.63, 3.8) is 0 Å². The monoisotopic (exact) mass is 284 g/mol. The molecule has 0 bridgehead atoms. The van der Waals surface area contributed by atoms with Crippen LogP contribution in [0.5, 0.6) is 0 Å². The quantitative estimate of drug-likeness (QED) is 0.732. The molecule has 0 spiro atoms. The molecule has 0 amide bonds. The molecule has 1 aromatic heterocycles. The van der Waals surface area contributed by atoms with Gasteiger partial charge in [-0.15, -0.1) is 5.10 Å². The summed E-state index contributed by atoms with van der Waals surface area (Å²) >= 11 is 0. The van der Waals surface area contributed by atoms with Crippen LogP contribution in [0.15, 0.2) is 6.20 Å². The Bertz CT molecular complexity index is 449. The summed E-state index contributed by atoms with van der Waals surface area (Å²) in [6.07, 6.45) is 2.28. The molecule has 1 rings (SSSR count). The van der Waals surface area contributed by atoms with Gasteiger partial charge in [-0.25, -0.2) is 0 Å².